The van der Waals surface area contributed by atoms with Gasteiger partial charge in [0.15, 0.2) is 0 Å². The fraction of sp³-hybridized carbons (Fsp3) is 0.364. The molecule has 2 aromatic heterocycles. The minimum absolute atomic E-state index is 0.106. The number of hydrogen-bond donors (Lipinski definition) is 2. The summed E-state index contributed by atoms with van der Waals surface area (Å²) in [5.74, 6) is 0.935. The fourth-order valence-corrected chi connectivity index (χ4v) is 2.72. The van der Waals surface area contributed by atoms with Crippen LogP contribution in [0, 0.1) is 0 Å². The van der Waals surface area contributed by atoms with E-state index < -0.39 is 0 Å². The maximum absolute atomic E-state index is 5.60. The van der Waals surface area contributed by atoms with Gasteiger partial charge in [0.2, 0.25) is 0 Å². The number of hydrogen-bond acceptors (Lipinski definition) is 4. The molecule has 16 heavy (non-hydrogen) atoms. The Morgan fingerprint density at radius 1 is 1.62 bits per heavy atom. The number of nitrogens with two attached hydrogens (primary N) is 1. The Labute approximate surface area is 97.5 Å². The highest BCUT2D eigenvalue weighted by atomic mass is 32.1. The van der Waals surface area contributed by atoms with Gasteiger partial charge in [-0.2, -0.15) is 0 Å². The first kappa shape index (κ1) is 10.0. The van der Waals surface area contributed by atoms with Crippen LogP contribution in [0.2, 0.25) is 0 Å². The number of fused-ring (bicyclic) bond motifs is 1. The standard InChI is InChI=1S/C11H13N3OS/c1-6-10-8(5-15-6)13-11(14-10)9-3-2-7(4-12)16-9/h2-3,6H,4-5,12H2,1H3,(H,13,14). The van der Waals surface area contributed by atoms with E-state index in [1.54, 1.807) is 11.3 Å². The molecule has 0 bridgehead atoms. The van der Waals surface area contributed by atoms with Gasteiger partial charge >= 0.3 is 0 Å². The minimum atomic E-state index is 0.106. The van der Waals surface area contributed by atoms with E-state index in [4.69, 9.17) is 10.5 Å². The first-order chi connectivity index (χ1) is 7.78. The molecule has 3 N–H and O–H groups in total. The average molecular weight is 235 g/mol. The number of ether oxygens (including phenoxy) is 1. The number of aromatic nitrogens is 2. The van der Waals surface area contributed by atoms with Crippen molar-refractivity contribution in [1.82, 2.24) is 9.97 Å². The number of nitrogens with one attached hydrogen (secondary N) is 1. The quantitative estimate of drug-likeness (QED) is 0.838. The average Bonchev–Trinajstić information content (AvgIpc) is 2.95. The summed E-state index contributed by atoms with van der Waals surface area (Å²) >= 11 is 1.68. The van der Waals surface area contributed by atoms with E-state index in [-0.39, 0.29) is 6.10 Å². The van der Waals surface area contributed by atoms with Gasteiger partial charge in [0.1, 0.15) is 5.82 Å². The molecule has 0 radical (unpaired) electrons. The van der Waals surface area contributed by atoms with E-state index in [1.165, 1.54) is 4.88 Å². The van der Waals surface area contributed by atoms with Crippen LogP contribution in [0.5, 0.6) is 0 Å². The number of nitrogens with zero attached hydrogens (tertiary/aromatic N) is 1. The molecule has 5 heteroatoms. The number of thiophene rings is 1. The van der Waals surface area contributed by atoms with Gasteiger partial charge in [0.05, 0.1) is 29.0 Å². The molecule has 4 nitrogen and oxygen atoms in total. The zero-order valence-electron chi connectivity index (χ0n) is 8.99. The Kier molecular flexibility index (Phi) is 2.31. The molecule has 0 saturated carbocycles. The smallest absolute Gasteiger partial charge is 0.148 e. The molecule has 2 aromatic rings. The van der Waals surface area contributed by atoms with Gasteiger partial charge in [-0.3, -0.25) is 0 Å². The topological polar surface area (TPSA) is 63.9 Å². The zero-order chi connectivity index (χ0) is 11.1. The fourth-order valence-electron chi connectivity index (χ4n) is 1.89. The molecule has 1 aliphatic heterocycles. The minimum Gasteiger partial charge on any atom is -0.366 e. The molecule has 84 valence electrons. The molecule has 0 fully saturated rings. The van der Waals surface area contributed by atoms with Gasteiger partial charge in [-0.05, 0) is 19.1 Å². The van der Waals surface area contributed by atoms with Crippen molar-refractivity contribution in [3.05, 3.63) is 28.4 Å². The van der Waals surface area contributed by atoms with Gasteiger partial charge in [-0.1, -0.05) is 0 Å². The molecule has 0 aromatic carbocycles. The number of imidazole rings is 1. The Bertz CT molecular complexity index is 517. The normalized spacial score (nSPS) is 19.0. The lowest BCUT2D eigenvalue weighted by Gasteiger charge is -1.99. The van der Waals surface area contributed by atoms with Crippen molar-refractivity contribution in [2.24, 2.45) is 5.73 Å². The molecule has 1 aliphatic rings. The Hall–Kier alpha value is -1.17. The molecule has 0 aliphatic carbocycles. The Morgan fingerprint density at radius 2 is 2.50 bits per heavy atom. The highest BCUT2D eigenvalue weighted by Crippen LogP contribution is 2.33. The van der Waals surface area contributed by atoms with Crippen molar-refractivity contribution in [2.45, 2.75) is 26.2 Å². The van der Waals surface area contributed by atoms with Crippen LogP contribution in [0.25, 0.3) is 10.7 Å². The van der Waals surface area contributed by atoms with Gasteiger partial charge in [-0.15, -0.1) is 11.3 Å². The van der Waals surface area contributed by atoms with Crippen LogP contribution in [0.15, 0.2) is 12.1 Å². The molecule has 0 amide bonds. The SMILES string of the molecule is CC1OCc2[nH]c(-c3ccc(CN)s3)nc21. The maximum Gasteiger partial charge on any atom is 0.148 e. The lowest BCUT2D eigenvalue weighted by Crippen LogP contribution is -1.91. The number of aromatic amines is 1. The van der Waals surface area contributed by atoms with Gasteiger partial charge in [0, 0.05) is 11.4 Å². The predicted octanol–water partition coefficient (Wildman–Crippen LogP) is 2.19. The monoisotopic (exact) mass is 235 g/mol. The largest absolute Gasteiger partial charge is 0.366 e. The molecule has 3 rings (SSSR count). The number of H-pyrrole nitrogens is 1. The lowest BCUT2D eigenvalue weighted by molar-refractivity contribution is 0.0762. The first-order valence-corrected chi connectivity index (χ1v) is 6.09. The second-order valence-corrected chi connectivity index (χ2v) is 5.04. The summed E-state index contributed by atoms with van der Waals surface area (Å²) in [6.07, 6.45) is 0.106. The van der Waals surface area contributed by atoms with Crippen LogP contribution < -0.4 is 5.73 Å². The molecule has 1 unspecified atom stereocenters. The maximum atomic E-state index is 5.60. The molecule has 3 heterocycles. The lowest BCUT2D eigenvalue weighted by atomic mass is 10.3. The van der Waals surface area contributed by atoms with Crippen molar-refractivity contribution in [1.29, 1.82) is 0 Å². The highest BCUT2D eigenvalue weighted by Gasteiger charge is 2.24. The third-order valence-electron chi connectivity index (χ3n) is 2.77. The van der Waals surface area contributed by atoms with Crippen LogP contribution in [-0.4, -0.2) is 9.97 Å². The summed E-state index contributed by atoms with van der Waals surface area (Å²) in [6.45, 7) is 3.25. The van der Waals surface area contributed by atoms with E-state index in [9.17, 15) is 0 Å². The van der Waals surface area contributed by atoms with E-state index in [2.05, 4.69) is 16.0 Å². The molecule has 1 atom stereocenters. The second-order valence-electron chi connectivity index (χ2n) is 3.87. The van der Waals surface area contributed by atoms with Crippen molar-refractivity contribution in [3.8, 4) is 10.7 Å². The summed E-state index contributed by atoms with van der Waals surface area (Å²) in [5.41, 5.74) is 7.74. The summed E-state index contributed by atoms with van der Waals surface area (Å²) in [5, 5.41) is 0. The summed E-state index contributed by atoms with van der Waals surface area (Å²) in [4.78, 5) is 10.2. The van der Waals surface area contributed by atoms with Crippen LogP contribution in [0.4, 0.5) is 0 Å². The van der Waals surface area contributed by atoms with Crippen molar-refractivity contribution in [3.63, 3.8) is 0 Å². The second kappa shape index (κ2) is 3.69. The van der Waals surface area contributed by atoms with Crippen molar-refractivity contribution < 1.29 is 4.74 Å². The summed E-state index contributed by atoms with van der Waals surface area (Å²) in [7, 11) is 0. The molecular formula is C11H13N3OS. The number of rotatable bonds is 2. The summed E-state index contributed by atoms with van der Waals surface area (Å²) < 4.78 is 5.47. The van der Waals surface area contributed by atoms with E-state index in [1.807, 2.05) is 13.0 Å². The zero-order valence-corrected chi connectivity index (χ0v) is 9.80. The Morgan fingerprint density at radius 3 is 3.19 bits per heavy atom. The van der Waals surface area contributed by atoms with E-state index >= 15 is 0 Å². The predicted molar refractivity (Wildman–Crippen MR) is 63.0 cm³/mol. The van der Waals surface area contributed by atoms with Crippen LogP contribution in [0.1, 0.15) is 29.3 Å². The molecule has 0 spiro atoms. The first-order valence-electron chi connectivity index (χ1n) is 5.27. The van der Waals surface area contributed by atoms with Crippen molar-refractivity contribution >= 4 is 11.3 Å². The van der Waals surface area contributed by atoms with Gasteiger partial charge in [0.25, 0.3) is 0 Å². The van der Waals surface area contributed by atoms with Crippen LogP contribution in [0.3, 0.4) is 0 Å². The van der Waals surface area contributed by atoms with Gasteiger partial charge in [-0.25, -0.2) is 4.98 Å². The van der Waals surface area contributed by atoms with Crippen LogP contribution >= 0.6 is 11.3 Å². The third kappa shape index (κ3) is 1.48. The van der Waals surface area contributed by atoms with Gasteiger partial charge < -0.3 is 15.5 Å². The van der Waals surface area contributed by atoms with Crippen molar-refractivity contribution in [2.75, 3.05) is 0 Å². The van der Waals surface area contributed by atoms with E-state index in [0.717, 1.165) is 22.1 Å². The molecular weight excluding hydrogens is 222 g/mol. The Balaban J connectivity index is 1.98. The van der Waals surface area contributed by atoms with Crippen LogP contribution in [-0.2, 0) is 17.9 Å². The van der Waals surface area contributed by atoms with E-state index in [0.29, 0.717) is 13.2 Å². The molecule has 0 saturated heterocycles. The third-order valence-corrected chi connectivity index (χ3v) is 3.88. The summed E-state index contributed by atoms with van der Waals surface area (Å²) in [6, 6.07) is 4.11. The highest BCUT2D eigenvalue weighted by molar-refractivity contribution is 7.15.